The first-order valence-electron chi connectivity index (χ1n) is 4.41. The fourth-order valence-corrected chi connectivity index (χ4v) is 1.80. The van der Waals surface area contributed by atoms with Crippen molar-refractivity contribution in [3.63, 3.8) is 0 Å². The molecule has 1 aromatic rings. The van der Waals surface area contributed by atoms with Crippen molar-refractivity contribution in [1.82, 2.24) is 9.78 Å². The standard InChI is InChI=1S/C8H11ClF3N3O/c1-15-6(5(9)4-14-15)7(16,2-3-13)8(10,11)12/h4,16H,2-3,13H2,1H3. The smallest absolute Gasteiger partial charge is 0.375 e. The number of aryl methyl sites for hydroxylation is 1. The largest absolute Gasteiger partial charge is 0.423 e. The van der Waals surface area contributed by atoms with Crippen LogP contribution in [-0.4, -0.2) is 27.6 Å². The fraction of sp³-hybridized carbons (Fsp3) is 0.625. The average molecular weight is 258 g/mol. The number of hydrogen-bond acceptors (Lipinski definition) is 3. The molecule has 1 rings (SSSR count). The van der Waals surface area contributed by atoms with Gasteiger partial charge in [-0.3, -0.25) is 4.68 Å². The van der Waals surface area contributed by atoms with E-state index >= 15 is 0 Å². The van der Waals surface area contributed by atoms with Gasteiger partial charge in [0, 0.05) is 13.5 Å². The number of halogens is 4. The minimum Gasteiger partial charge on any atom is -0.375 e. The van der Waals surface area contributed by atoms with E-state index in [2.05, 4.69) is 5.10 Å². The maximum Gasteiger partial charge on any atom is 0.423 e. The first-order chi connectivity index (χ1) is 7.24. The molecule has 0 bridgehead atoms. The Hall–Kier alpha value is -0.790. The molecule has 0 aromatic carbocycles. The van der Waals surface area contributed by atoms with Crippen LogP contribution in [0.25, 0.3) is 0 Å². The minimum atomic E-state index is -4.86. The van der Waals surface area contributed by atoms with Crippen LogP contribution in [0.2, 0.25) is 5.02 Å². The molecule has 0 aliphatic carbocycles. The molecule has 16 heavy (non-hydrogen) atoms. The summed E-state index contributed by atoms with van der Waals surface area (Å²) in [5.41, 5.74) is 1.53. The summed E-state index contributed by atoms with van der Waals surface area (Å²) >= 11 is 5.59. The third-order valence-corrected chi connectivity index (χ3v) is 2.54. The molecule has 0 aliphatic rings. The Balaban J connectivity index is 3.33. The van der Waals surface area contributed by atoms with Gasteiger partial charge in [-0.15, -0.1) is 0 Å². The molecule has 92 valence electrons. The van der Waals surface area contributed by atoms with Gasteiger partial charge in [-0.05, 0) is 6.54 Å². The predicted octanol–water partition coefficient (Wildman–Crippen LogP) is 1.17. The first kappa shape index (κ1) is 13.3. The van der Waals surface area contributed by atoms with Crippen LogP contribution in [0.3, 0.4) is 0 Å². The van der Waals surface area contributed by atoms with Gasteiger partial charge < -0.3 is 10.8 Å². The van der Waals surface area contributed by atoms with Gasteiger partial charge >= 0.3 is 6.18 Å². The second-order valence-electron chi connectivity index (χ2n) is 3.36. The summed E-state index contributed by atoms with van der Waals surface area (Å²) in [6, 6.07) is 0. The van der Waals surface area contributed by atoms with Gasteiger partial charge in [0.1, 0.15) is 0 Å². The normalized spacial score (nSPS) is 16.2. The maximum atomic E-state index is 12.8. The van der Waals surface area contributed by atoms with E-state index in [-0.39, 0.29) is 11.6 Å². The van der Waals surface area contributed by atoms with Crippen molar-refractivity contribution in [3.8, 4) is 0 Å². The van der Waals surface area contributed by atoms with Crippen molar-refractivity contribution in [3.05, 3.63) is 16.9 Å². The monoisotopic (exact) mass is 257 g/mol. The quantitative estimate of drug-likeness (QED) is 0.854. The third-order valence-electron chi connectivity index (χ3n) is 2.26. The first-order valence-corrected chi connectivity index (χ1v) is 4.79. The van der Waals surface area contributed by atoms with E-state index in [1.54, 1.807) is 0 Å². The molecule has 1 atom stereocenters. The molecule has 1 heterocycles. The number of hydrogen-bond donors (Lipinski definition) is 2. The molecular formula is C8H11ClF3N3O. The highest BCUT2D eigenvalue weighted by Gasteiger charge is 2.56. The Morgan fingerprint density at radius 3 is 2.44 bits per heavy atom. The van der Waals surface area contributed by atoms with E-state index in [0.717, 1.165) is 10.9 Å². The maximum absolute atomic E-state index is 12.8. The van der Waals surface area contributed by atoms with E-state index in [4.69, 9.17) is 17.3 Å². The molecule has 1 unspecified atom stereocenters. The van der Waals surface area contributed by atoms with E-state index in [0.29, 0.717) is 0 Å². The van der Waals surface area contributed by atoms with Crippen LogP contribution in [0.5, 0.6) is 0 Å². The van der Waals surface area contributed by atoms with Crippen LogP contribution in [-0.2, 0) is 12.6 Å². The number of aliphatic hydroxyl groups is 1. The van der Waals surface area contributed by atoms with Crippen LogP contribution in [0.15, 0.2) is 6.20 Å². The van der Waals surface area contributed by atoms with Gasteiger partial charge in [0.2, 0.25) is 5.60 Å². The Morgan fingerprint density at radius 2 is 2.12 bits per heavy atom. The lowest BCUT2D eigenvalue weighted by atomic mass is 9.94. The van der Waals surface area contributed by atoms with Gasteiger partial charge in [0.15, 0.2) is 0 Å². The van der Waals surface area contributed by atoms with Gasteiger partial charge in [-0.2, -0.15) is 18.3 Å². The molecule has 0 saturated carbocycles. The Morgan fingerprint density at radius 1 is 1.56 bits per heavy atom. The summed E-state index contributed by atoms with van der Waals surface area (Å²) in [6.07, 6.45) is -4.48. The molecule has 1 aromatic heterocycles. The second-order valence-corrected chi connectivity index (χ2v) is 3.77. The topological polar surface area (TPSA) is 64.1 Å². The number of nitrogens with two attached hydrogens (primary N) is 1. The zero-order valence-corrected chi connectivity index (χ0v) is 9.18. The SMILES string of the molecule is Cn1ncc(Cl)c1C(O)(CCN)C(F)(F)F. The Labute approximate surface area is 94.8 Å². The van der Waals surface area contributed by atoms with Gasteiger partial charge in [-0.1, -0.05) is 11.6 Å². The number of rotatable bonds is 3. The fourth-order valence-electron chi connectivity index (χ4n) is 1.48. The van der Waals surface area contributed by atoms with Crippen LogP contribution in [0.4, 0.5) is 13.2 Å². The van der Waals surface area contributed by atoms with Crippen molar-refractivity contribution in [2.75, 3.05) is 6.54 Å². The van der Waals surface area contributed by atoms with Gasteiger partial charge in [0.05, 0.1) is 16.9 Å². The number of alkyl halides is 3. The Kier molecular flexibility index (Phi) is 3.51. The lowest BCUT2D eigenvalue weighted by Crippen LogP contribution is -2.45. The van der Waals surface area contributed by atoms with Crippen LogP contribution >= 0.6 is 11.6 Å². The summed E-state index contributed by atoms with van der Waals surface area (Å²) in [5.74, 6) is 0. The summed E-state index contributed by atoms with van der Waals surface area (Å²) in [4.78, 5) is 0. The molecule has 0 aliphatic heterocycles. The molecule has 0 amide bonds. The highest BCUT2D eigenvalue weighted by Crippen LogP contribution is 2.43. The molecule has 3 N–H and O–H groups in total. The van der Waals surface area contributed by atoms with Crippen molar-refractivity contribution in [1.29, 1.82) is 0 Å². The molecule has 0 radical (unpaired) electrons. The van der Waals surface area contributed by atoms with E-state index in [1.807, 2.05) is 0 Å². The van der Waals surface area contributed by atoms with Gasteiger partial charge in [0.25, 0.3) is 0 Å². The molecular weight excluding hydrogens is 247 g/mol. The van der Waals surface area contributed by atoms with Crippen molar-refractivity contribution >= 4 is 11.6 Å². The Bertz CT molecular complexity index is 360. The number of aromatic nitrogens is 2. The third kappa shape index (κ3) is 2.02. The van der Waals surface area contributed by atoms with E-state index < -0.39 is 23.9 Å². The van der Waals surface area contributed by atoms with Crippen molar-refractivity contribution in [2.24, 2.45) is 12.8 Å². The van der Waals surface area contributed by atoms with E-state index in [9.17, 15) is 18.3 Å². The van der Waals surface area contributed by atoms with Crippen LogP contribution in [0.1, 0.15) is 12.1 Å². The molecule has 0 spiro atoms. The molecule has 0 fully saturated rings. The zero-order valence-electron chi connectivity index (χ0n) is 8.42. The molecule has 4 nitrogen and oxygen atoms in total. The molecule has 0 saturated heterocycles. The summed E-state index contributed by atoms with van der Waals surface area (Å²) in [5, 5.41) is 13.0. The highest BCUT2D eigenvalue weighted by molar-refractivity contribution is 6.31. The van der Waals surface area contributed by atoms with Crippen LogP contribution < -0.4 is 5.73 Å². The zero-order chi connectivity index (χ0) is 12.6. The molecule has 8 heteroatoms. The second kappa shape index (κ2) is 4.23. The van der Waals surface area contributed by atoms with Crippen LogP contribution in [0, 0.1) is 0 Å². The van der Waals surface area contributed by atoms with E-state index in [1.165, 1.54) is 7.05 Å². The lowest BCUT2D eigenvalue weighted by molar-refractivity contribution is -0.270. The predicted molar refractivity (Wildman–Crippen MR) is 51.8 cm³/mol. The minimum absolute atomic E-state index is 0.240. The summed E-state index contributed by atoms with van der Waals surface area (Å²) in [7, 11) is 1.27. The summed E-state index contributed by atoms with van der Waals surface area (Å²) in [6.45, 7) is -0.322. The lowest BCUT2D eigenvalue weighted by Gasteiger charge is -2.30. The summed E-state index contributed by atoms with van der Waals surface area (Å²) < 4.78 is 39.3. The highest BCUT2D eigenvalue weighted by atomic mass is 35.5. The van der Waals surface area contributed by atoms with Gasteiger partial charge in [-0.25, -0.2) is 0 Å². The average Bonchev–Trinajstić information content (AvgIpc) is 2.45. The number of nitrogens with zero attached hydrogens (tertiary/aromatic N) is 2. The van der Waals surface area contributed by atoms with Crippen molar-refractivity contribution in [2.45, 2.75) is 18.2 Å². The van der Waals surface area contributed by atoms with Crippen molar-refractivity contribution < 1.29 is 18.3 Å².